The van der Waals surface area contributed by atoms with Crippen LogP contribution in [0.15, 0.2) is 65.6 Å². The molecule has 0 aromatic heterocycles. The highest BCUT2D eigenvalue weighted by atomic mass is 35.5. The molecule has 1 fully saturated rings. The Labute approximate surface area is 220 Å². The van der Waals surface area contributed by atoms with Crippen molar-refractivity contribution in [2.45, 2.75) is 13.5 Å². The smallest absolute Gasteiger partial charge is 0.343 e. The van der Waals surface area contributed by atoms with Gasteiger partial charge < -0.3 is 9.47 Å². The standard InChI is InChI=1S/C26H18Cl2FNO5S/c1-2-34-21-12-15(11-19(28)23(21)35-25(32)16-7-9-18(27)10-8-16)13-22-24(31)30(26(33)36-22)14-17-5-3-4-6-20(17)29/h3-13H,2,14H2,1H3/b22-13-. The molecule has 10 heteroatoms. The highest BCUT2D eigenvalue weighted by Gasteiger charge is 2.35. The first-order valence-corrected chi connectivity index (χ1v) is 12.3. The molecular weight excluding hydrogens is 528 g/mol. The van der Waals surface area contributed by atoms with Gasteiger partial charge >= 0.3 is 5.97 Å². The van der Waals surface area contributed by atoms with Gasteiger partial charge in [0, 0.05) is 10.6 Å². The monoisotopic (exact) mass is 545 g/mol. The van der Waals surface area contributed by atoms with E-state index in [2.05, 4.69) is 0 Å². The number of hydrogen-bond acceptors (Lipinski definition) is 6. The van der Waals surface area contributed by atoms with Crippen molar-refractivity contribution in [3.8, 4) is 11.5 Å². The van der Waals surface area contributed by atoms with E-state index < -0.39 is 22.9 Å². The van der Waals surface area contributed by atoms with Crippen molar-refractivity contribution in [3.63, 3.8) is 0 Å². The van der Waals surface area contributed by atoms with E-state index in [1.54, 1.807) is 31.2 Å². The molecule has 1 heterocycles. The van der Waals surface area contributed by atoms with E-state index in [4.69, 9.17) is 32.7 Å². The van der Waals surface area contributed by atoms with Crippen molar-refractivity contribution in [1.29, 1.82) is 0 Å². The average molecular weight is 546 g/mol. The zero-order valence-corrected chi connectivity index (χ0v) is 21.1. The number of imide groups is 1. The van der Waals surface area contributed by atoms with E-state index in [0.29, 0.717) is 10.6 Å². The third-order valence-corrected chi connectivity index (χ3v) is 6.50. The molecule has 0 unspecified atom stereocenters. The minimum absolute atomic E-state index is 0.0169. The molecular formula is C26H18Cl2FNO5S. The number of ether oxygens (including phenoxy) is 2. The number of rotatable bonds is 7. The largest absolute Gasteiger partial charge is 0.490 e. The number of carbonyl (C=O) groups is 3. The fraction of sp³-hybridized carbons (Fsp3) is 0.115. The summed E-state index contributed by atoms with van der Waals surface area (Å²) in [6, 6.07) is 15.1. The maximum atomic E-state index is 14.0. The van der Waals surface area contributed by atoms with Gasteiger partial charge in [0.05, 0.1) is 28.6 Å². The van der Waals surface area contributed by atoms with Crippen molar-refractivity contribution in [3.05, 3.63) is 98.1 Å². The van der Waals surface area contributed by atoms with Gasteiger partial charge in [0.25, 0.3) is 11.1 Å². The van der Waals surface area contributed by atoms with Crippen LogP contribution in [0.1, 0.15) is 28.4 Å². The number of nitrogens with zero attached hydrogens (tertiary/aromatic N) is 1. The predicted octanol–water partition coefficient (Wildman–Crippen LogP) is 6.99. The molecule has 1 aliphatic heterocycles. The van der Waals surface area contributed by atoms with Gasteiger partial charge in [-0.15, -0.1) is 0 Å². The molecule has 0 atom stereocenters. The van der Waals surface area contributed by atoms with Gasteiger partial charge in [-0.3, -0.25) is 14.5 Å². The quantitative estimate of drug-likeness (QED) is 0.181. The van der Waals surface area contributed by atoms with E-state index in [0.717, 1.165) is 16.7 Å². The highest BCUT2D eigenvalue weighted by Crippen LogP contribution is 2.40. The summed E-state index contributed by atoms with van der Waals surface area (Å²) in [4.78, 5) is 39.0. The predicted molar refractivity (Wildman–Crippen MR) is 137 cm³/mol. The van der Waals surface area contributed by atoms with Crippen molar-refractivity contribution in [2.24, 2.45) is 0 Å². The normalized spacial score (nSPS) is 14.4. The van der Waals surface area contributed by atoms with Gasteiger partial charge in [0.2, 0.25) is 0 Å². The molecule has 1 aliphatic rings. The average Bonchev–Trinajstić information content (AvgIpc) is 3.10. The molecule has 3 aromatic rings. The Morgan fingerprint density at radius 1 is 1.08 bits per heavy atom. The maximum absolute atomic E-state index is 14.0. The van der Waals surface area contributed by atoms with Crippen molar-refractivity contribution >= 4 is 58.2 Å². The third kappa shape index (κ3) is 5.73. The molecule has 36 heavy (non-hydrogen) atoms. The molecule has 184 valence electrons. The van der Waals surface area contributed by atoms with Gasteiger partial charge in [-0.05, 0) is 72.8 Å². The number of benzene rings is 3. The molecule has 0 saturated carbocycles. The van der Waals surface area contributed by atoms with Crippen LogP contribution >= 0.6 is 35.0 Å². The van der Waals surface area contributed by atoms with Crippen molar-refractivity contribution < 1.29 is 28.2 Å². The number of thioether (sulfide) groups is 1. The molecule has 0 N–H and O–H groups in total. The first-order valence-electron chi connectivity index (χ1n) is 10.7. The maximum Gasteiger partial charge on any atom is 0.343 e. The molecule has 0 aliphatic carbocycles. The Morgan fingerprint density at radius 3 is 2.50 bits per heavy atom. The van der Waals surface area contributed by atoms with Crippen LogP contribution in [0.3, 0.4) is 0 Å². The summed E-state index contributed by atoms with van der Waals surface area (Å²) < 4.78 is 25.1. The Kier molecular flexibility index (Phi) is 7.98. The van der Waals surface area contributed by atoms with E-state index in [9.17, 15) is 18.8 Å². The SMILES string of the molecule is CCOc1cc(/C=C2\SC(=O)N(Cc3ccccc3F)C2=O)cc(Cl)c1OC(=O)c1ccc(Cl)cc1. The van der Waals surface area contributed by atoms with Crippen molar-refractivity contribution in [2.75, 3.05) is 6.61 Å². The molecule has 0 spiro atoms. The second-order valence-electron chi connectivity index (χ2n) is 7.52. The lowest BCUT2D eigenvalue weighted by Crippen LogP contribution is -2.27. The second-order valence-corrected chi connectivity index (χ2v) is 9.36. The molecule has 4 rings (SSSR count). The molecule has 1 saturated heterocycles. The number of amides is 2. The lowest BCUT2D eigenvalue weighted by molar-refractivity contribution is -0.123. The Hall–Kier alpha value is -3.33. The molecule has 2 amide bonds. The van der Waals surface area contributed by atoms with E-state index >= 15 is 0 Å². The van der Waals surface area contributed by atoms with E-state index in [-0.39, 0.29) is 45.7 Å². The van der Waals surface area contributed by atoms with Crippen LogP contribution in [-0.4, -0.2) is 28.6 Å². The van der Waals surface area contributed by atoms with Crippen LogP contribution in [0, 0.1) is 5.82 Å². The van der Waals surface area contributed by atoms with Crippen LogP contribution < -0.4 is 9.47 Å². The topological polar surface area (TPSA) is 72.9 Å². The fourth-order valence-corrected chi connectivity index (χ4v) is 4.58. The summed E-state index contributed by atoms with van der Waals surface area (Å²) in [5.41, 5.74) is 0.950. The van der Waals surface area contributed by atoms with Crippen LogP contribution in [0.25, 0.3) is 6.08 Å². The first-order chi connectivity index (χ1) is 17.3. The Morgan fingerprint density at radius 2 is 1.81 bits per heavy atom. The number of carbonyl (C=O) groups excluding carboxylic acids is 3. The van der Waals surface area contributed by atoms with Gasteiger partial charge in [-0.2, -0.15) is 0 Å². The minimum Gasteiger partial charge on any atom is -0.490 e. The second kappa shape index (κ2) is 11.2. The highest BCUT2D eigenvalue weighted by molar-refractivity contribution is 8.18. The van der Waals surface area contributed by atoms with Crippen LogP contribution in [0.4, 0.5) is 9.18 Å². The number of halogens is 3. The van der Waals surface area contributed by atoms with Gasteiger partial charge in [0.1, 0.15) is 5.82 Å². The fourth-order valence-electron chi connectivity index (χ4n) is 3.36. The lowest BCUT2D eigenvalue weighted by Gasteiger charge is -2.14. The van der Waals surface area contributed by atoms with E-state index in [1.807, 2.05) is 0 Å². The summed E-state index contributed by atoms with van der Waals surface area (Å²) in [5, 5.41) is 0.0292. The molecule has 3 aromatic carbocycles. The zero-order chi connectivity index (χ0) is 25.8. The number of esters is 1. The summed E-state index contributed by atoms with van der Waals surface area (Å²) in [6.07, 6.45) is 1.48. The van der Waals surface area contributed by atoms with Gasteiger partial charge in [0.15, 0.2) is 11.5 Å². The summed E-state index contributed by atoms with van der Waals surface area (Å²) in [7, 11) is 0. The third-order valence-electron chi connectivity index (χ3n) is 5.06. The molecule has 0 bridgehead atoms. The van der Waals surface area contributed by atoms with Crippen molar-refractivity contribution in [1.82, 2.24) is 4.90 Å². The molecule has 6 nitrogen and oxygen atoms in total. The number of hydrogen-bond donors (Lipinski definition) is 0. The van der Waals surface area contributed by atoms with Gasteiger partial charge in [-0.25, -0.2) is 9.18 Å². The van der Waals surface area contributed by atoms with Crippen LogP contribution in [0.5, 0.6) is 11.5 Å². The Bertz CT molecular complexity index is 1380. The van der Waals surface area contributed by atoms with Crippen LogP contribution in [-0.2, 0) is 11.3 Å². The summed E-state index contributed by atoms with van der Waals surface area (Å²) in [6.45, 7) is 1.82. The first kappa shape index (κ1) is 25.8. The summed E-state index contributed by atoms with van der Waals surface area (Å²) >= 11 is 13.0. The van der Waals surface area contributed by atoms with E-state index in [1.165, 1.54) is 42.5 Å². The lowest BCUT2D eigenvalue weighted by atomic mass is 10.1. The van der Waals surface area contributed by atoms with Gasteiger partial charge in [-0.1, -0.05) is 41.4 Å². The Balaban J connectivity index is 1.59. The summed E-state index contributed by atoms with van der Waals surface area (Å²) in [5.74, 6) is -1.51. The minimum atomic E-state index is -0.656. The molecule has 0 radical (unpaired) electrons. The zero-order valence-electron chi connectivity index (χ0n) is 18.8. The van der Waals surface area contributed by atoms with Crippen LogP contribution in [0.2, 0.25) is 10.0 Å².